The second-order valence-electron chi connectivity index (χ2n) is 8.61. The molecule has 206 valence electrons. The molecule has 8 nitrogen and oxygen atoms in total. The molecule has 0 aromatic heterocycles. The van der Waals surface area contributed by atoms with E-state index >= 15 is 0 Å². The number of allylic oxidation sites excluding steroid dienone is 1. The predicted molar refractivity (Wildman–Crippen MR) is 158 cm³/mol. The number of aliphatic imine (C=N–C) groups is 1. The van der Waals surface area contributed by atoms with E-state index in [2.05, 4.69) is 46.7 Å². The highest BCUT2D eigenvalue weighted by Gasteiger charge is 2.24. The van der Waals surface area contributed by atoms with Gasteiger partial charge in [-0.2, -0.15) is 0 Å². The zero-order chi connectivity index (χ0) is 28.1. The fourth-order valence-corrected chi connectivity index (χ4v) is 4.96. The molecule has 9 heteroatoms. The Labute approximate surface area is 231 Å². The minimum Gasteiger partial charge on any atom is -0.497 e. The quantitative estimate of drug-likeness (QED) is 0.299. The van der Waals surface area contributed by atoms with E-state index < -0.39 is 0 Å². The number of amides is 1. The molecule has 38 heavy (non-hydrogen) atoms. The maximum absolute atomic E-state index is 13.3. The molecule has 1 aliphatic carbocycles. The highest BCUT2D eigenvalue weighted by atomic mass is 32.2. The summed E-state index contributed by atoms with van der Waals surface area (Å²) in [4.78, 5) is 20.9. The Morgan fingerprint density at radius 2 is 1.97 bits per heavy atom. The van der Waals surface area contributed by atoms with Crippen LogP contribution in [0.5, 0.6) is 0 Å². The van der Waals surface area contributed by atoms with Crippen LogP contribution in [0.4, 0.5) is 5.69 Å². The van der Waals surface area contributed by atoms with E-state index in [0.29, 0.717) is 29.3 Å². The van der Waals surface area contributed by atoms with Crippen LogP contribution in [0.2, 0.25) is 0 Å². The van der Waals surface area contributed by atoms with Crippen LogP contribution in [0.1, 0.15) is 36.3 Å². The molecule has 1 fully saturated rings. The number of nitrogens with zero attached hydrogens (tertiary/aromatic N) is 2. The SMILES string of the molecule is C=C.CCC=N/C=C1\CNC(c2cc(CN(C)C)cc(NC(=O)C3=CCC(OC)=C(OC)C(OC)=C3)c2)S1. The van der Waals surface area contributed by atoms with Crippen molar-refractivity contribution in [2.24, 2.45) is 4.99 Å². The van der Waals surface area contributed by atoms with Crippen molar-refractivity contribution in [3.63, 3.8) is 0 Å². The standard InChI is InChI=1S/C27H36N4O4S.C2H4/c1-7-10-28-15-22-16-29-27(36-22)20-11-18(17-31(2)3)12-21(13-20)30-26(32)19-8-9-23(33-4)25(35-6)24(14-19)34-5;1-2/h8,10-15,27,29H,7,9,16-17H2,1-6H3,(H,30,32);1-2H2/b22-15+,28-10?;. The van der Waals surface area contributed by atoms with E-state index in [-0.39, 0.29) is 11.3 Å². The smallest absolute Gasteiger partial charge is 0.255 e. The molecule has 1 heterocycles. The molecule has 1 amide bonds. The van der Waals surface area contributed by atoms with Crippen molar-refractivity contribution in [1.82, 2.24) is 10.2 Å². The minimum atomic E-state index is -0.230. The zero-order valence-electron chi connectivity index (χ0n) is 23.3. The van der Waals surface area contributed by atoms with Gasteiger partial charge in [0.05, 0.1) is 26.7 Å². The number of hydrogen-bond donors (Lipinski definition) is 2. The number of hydrogen-bond acceptors (Lipinski definition) is 8. The first kappa shape index (κ1) is 31.0. The average molecular weight is 541 g/mol. The van der Waals surface area contributed by atoms with Crippen LogP contribution in [-0.4, -0.2) is 59.0 Å². The van der Waals surface area contributed by atoms with Gasteiger partial charge in [-0.1, -0.05) is 19.1 Å². The van der Waals surface area contributed by atoms with Gasteiger partial charge in [-0.15, -0.1) is 24.9 Å². The number of rotatable bonds is 10. The summed E-state index contributed by atoms with van der Waals surface area (Å²) in [6.07, 6.45) is 8.63. The molecule has 1 saturated heterocycles. The number of carbonyl (C=O) groups excluding carboxylic acids is 1. The average Bonchev–Trinajstić information content (AvgIpc) is 3.30. The van der Waals surface area contributed by atoms with Crippen molar-refractivity contribution in [2.75, 3.05) is 47.3 Å². The van der Waals surface area contributed by atoms with Crippen molar-refractivity contribution in [3.8, 4) is 0 Å². The fourth-order valence-electron chi connectivity index (χ4n) is 3.93. The number of ether oxygens (including phenoxy) is 3. The van der Waals surface area contributed by atoms with Crippen molar-refractivity contribution in [1.29, 1.82) is 0 Å². The highest BCUT2D eigenvalue weighted by Crippen LogP contribution is 2.39. The van der Waals surface area contributed by atoms with E-state index in [9.17, 15) is 4.79 Å². The maximum atomic E-state index is 13.3. The molecule has 0 radical (unpaired) electrons. The predicted octanol–water partition coefficient (Wildman–Crippen LogP) is 5.51. The van der Waals surface area contributed by atoms with Crippen LogP contribution in [0.3, 0.4) is 0 Å². The van der Waals surface area contributed by atoms with Crippen LogP contribution in [0.25, 0.3) is 0 Å². The lowest BCUT2D eigenvalue weighted by molar-refractivity contribution is -0.112. The number of nitrogens with one attached hydrogen (secondary N) is 2. The van der Waals surface area contributed by atoms with E-state index in [1.807, 2.05) is 44.7 Å². The Bertz CT molecular complexity index is 1120. The Hall–Kier alpha value is -3.27. The summed E-state index contributed by atoms with van der Waals surface area (Å²) < 4.78 is 16.4. The summed E-state index contributed by atoms with van der Waals surface area (Å²) in [6.45, 7) is 9.59. The Balaban J connectivity index is 0.00000247. The van der Waals surface area contributed by atoms with Gasteiger partial charge in [0.15, 0.2) is 11.5 Å². The van der Waals surface area contributed by atoms with Crippen molar-refractivity contribution in [2.45, 2.75) is 31.7 Å². The molecule has 1 atom stereocenters. The summed E-state index contributed by atoms with van der Waals surface area (Å²) in [6, 6.07) is 6.23. The molecule has 0 spiro atoms. The molecule has 2 aliphatic rings. The third-order valence-corrected chi connectivity index (χ3v) is 6.74. The Morgan fingerprint density at radius 3 is 2.61 bits per heavy atom. The normalized spacial score (nSPS) is 18.5. The van der Waals surface area contributed by atoms with Crippen LogP contribution >= 0.6 is 11.8 Å². The molecule has 0 saturated carbocycles. The number of methoxy groups -OCH3 is 3. The van der Waals surface area contributed by atoms with Crippen LogP contribution in [0.15, 0.2) is 82.5 Å². The van der Waals surface area contributed by atoms with Gasteiger partial charge in [0.2, 0.25) is 0 Å². The number of thioether (sulfide) groups is 1. The second-order valence-corrected chi connectivity index (χ2v) is 9.84. The Kier molecular flexibility index (Phi) is 12.9. The van der Waals surface area contributed by atoms with Crippen molar-refractivity contribution < 1.29 is 19.0 Å². The molecule has 0 bridgehead atoms. The summed E-state index contributed by atoms with van der Waals surface area (Å²) in [5, 5.41) is 6.71. The number of anilines is 1. The van der Waals surface area contributed by atoms with Gasteiger partial charge in [0, 0.05) is 48.1 Å². The summed E-state index contributed by atoms with van der Waals surface area (Å²) >= 11 is 1.75. The highest BCUT2D eigenvalue weighted by molar-refractivity contribution is 8.03. The minimum absolute atomic E-state index is 0.0839. The third kappa shape index (κ3) is 8.65. The third-order valence-electron chi connectivity index (χ3n) is 5.52. The molecule has 1 aliphatic heterocycles. The van der Waals surface area contributed by atoms with Crippen LogP contribution in [-0.2, 0) is 25.5 Å². The lowest BCUT2D eigenvalue weighted by atomic mass is 10.1. The zero-order valence-corrected chi connectivity index (χ0v) is 24.1. The van der Waals surface area contributed by atoms with Gasteiger partial charge in [-0.3, -0.25) is 15.1 Å². The summed E-state index contributed by atoms with van der Waals surface area (Å²) in [5.41, 5.74) is 3.43. The molecule has 1 aromatic rings. The molecule has 1 unspecified atom stereocenters. The molecule has 1 aromatic carbocycles. The molecular formula is C29H40N4O4S. The monoisotopic (exact) mass is 540 g/mol. The van der Waals surface area contributed by atoms with Gasteiger partial charge in [-0.05, 0) is 49.9 Å². The second kappa shape index (κ2) is 15.9. The first-order valence-electron chi connectivity index (χ1n) is 12.4. The van der Waals surface area contributed by atoms with Crippen LogP contribution in [0, 0.1) is 0 Å². The lowest BCUT2D eigenvalue weighted by Gasteiger charge is -2.17. The lowest BCUT2D eigenvalue weighted by Crippen LogP contribution is -2.17. The first-order chi connectivity index (χ1) is 18.4. The fraction of sp³-hybridized carbons (Fsp3) is 0.379. The van der Waals surface area contributed by atoms with Gasteiger partial charge in [-0.25, -0.2) is 0 Å². The van der Waals surface area contributed by atoms with Crippen molar-refractivity contribution in [3.05, 3.63) is 88.6 Å². The van der Waals surface area contributed by atoms with Crippen molar-refractivity contribution >= 4 is 29.6 Å². The largest absolute Gasteiger partial charge is 0.497 e. The van der Waals surface area contributed by atoms with E-state index in [1.165, 1.54) is 4.91 Å². The molecular weight excluding hydrogens is 500 g/mol. The van der Waals surface area contributed by atoms with E-state index in [4.69, 9.17) is 14.2 Å². The van der Waals surface area contributed by atoms with Gasteiger partial charge < -0.3 is 24.4 Å². The number of carbonyl (C=O) groups is 1. The molecule has 3 rings (SSSR count). The van der Waals surface area contributed by atoms with Crippen LogP contribution < -0.4 is 10.6 Å². The van der Waals surface area contributed by atoms with E-state index in [0.717, 1.165) is 36.3 Å². The Morgan fingerprint density at radius 1 is 1.21 bits per heavy atom. The topological polar surface area (TPSA) is 84.4 Å². The van der Waals surface area contributed by atoms with Gasteiger partial charge in [0.1, 0.15) is 5.76 Å². The van der Waals surface area contributed by atoms with Gasteiger partial charge >= 0.3 is 0 Å². The summed E-state index contributed by atoms with van der Waals surface area (Å²) in [7, 11) is 8.72. The van der Waals surface area contributed by atoms with E-state index in [1.54, 1.807) is 39.2 Å². The van der Waals surface area contributed by atoms with Gasteiger partial charge in [0.25, 0.3) is 5.91 Å². The maximum Gasteiger partial charge on any atom is 0.255 e. The number of benzene rings is 1. The first-order valence-corrected chi connectivity index (χ1v) is 13.2. The molecule has 2 N–H and O–H groups in total. The summed E-state index contributed by atoms with van der Waals surface area (Å²) in [5.74, 6) is 1.28.